The highest BCUT2D eigenvalue weighted by molar-refractivity contribution is 7.13. The number of amides is 1. The van der Waals surface area contributed by atoms with Gasteiger partial charge in [-0.15, -0.1) is 11.3 Å². The molecule has 0 aliphatic rings. The highest BCUT2D eigenvalue weighted by atomic mass is 32.1. The molecule has 0 radical (unpaired) electrons. The first-order chi connectivity index (χ1) is 10.3. The molecule has 21 heavy (non-hydrogen) atoms. The Hall–Kier alpha value is -2.54. The summed E-state index contributed by atoms with van der Waals surface area (Å²) in [7, 11) is 0. The maximum atomic E-state index is 11.8. The number of rotatable bonds is 5. The highest BCUT2D eigenvalue weighted by Crippen LogP contribution is 2.25. The number of H-pyrrole nitrogens is 1. The standard InChI is InChI=1S/C14H13N5OS/c20-14(11-8-15-5-6-16-11)17-4-3-10-13(19-9-18-10)12-2-1-7-21-12/h1-2,5-9H,3-4H2,(H,17,20)(H,18,19). The molecule has 3 aromatic heterocycles. The van der Waals surface area contributed by atoms with E-state index in [1.165, 1.54) is 18.6 Å². The molecule has 7 heteroatoms. The third-order valence-electron chi connectivity index (χ3n) is 2.93. The van der Waals surface area contributed by atoms with Crippen molar-refractivity contribution in [2.24, 2.45) is 0 Å². The number of hydrogen-bond donors (Lipinski definition) is 2. The Morgan fingerprint density at radius 1 is 1.33 bits per heavy atom. The van der Waals surface area contributed by atoms with Crippen LogP contribution in [0.25, 0.3) is 10.6 Å². The van der Waals surface area contributed by atoms with E-state index in [2.05, 4.69) is 25.3 Å². The van der Waals surface area contributed by atoms with Gasteiger partial charge in [0.1, 0.15) is 11.4 Å². The quantitative estimate of drug-likeness (QED) is 0.753. The maximum absolute atomic E-state index is 11.8. The van der Waals surface area contributed by atoms with Crippen LogP contribution in [0.2, 0.25) is 0 Å². The van der Waals surface area contributed by atoms with Crippen molar-refractivity contribution < 1.29 is 4.79 Å². The van der Waals surface area contributed by atoms with Crippen LogP contribution in [0, 0.1) is 0 Å². The normalized spacial score (nSPS) is 10.5. The monoisotopic (exact) mass is 299 g/mol. The predicted octanol–water partition coefficient (Wildman–Crippen LogP) is 1.90. The molecular weight excluding hydrogens is 286 g/mol. The second-order valence-electron chi connectivity index (χ2n) is 4.30. The molecule has 1 amide bonds. The van der Waals surface area contributed by atoms with Crippen LogP contribution in [0.1, 0.15) is 16.2 Å². The van der Waals surface area contributed by atoms with Crippen molar-refractivity contribution in [3.63, 3.8) is 0 Å². The summed E-state index contributed by atoms with van der Waals surface area (Å²) in [4.78, 5) is 28.3. The summed E-state index contributed by atoms with van der Waals surface area (Å²) < 4.78 is 0. The molecule has 2 N–H and O–H groups in total. The largest absolute Gasteiger partial charge is 0.350 e. The van der Waals surface area contributed by atoms with Crippen molar-refractivity contribution in [2.45, 2.75) is 6.42 Å². The van der Waals surface area contributed by atoms with Gasteiger partial charge in [-0.2, -0.15) is 0 Å². The van der Waals surface area contributed by atoms with E-state index in [1.54, 1.807) is 17.7 Å². The molecule has 0 aliphatic carbocycles. The Morgan fingerprint density at radius 2 is 2.29 bits per heavy atom. The van der Waals surface area contributed by atoms with Gasteiger partial charge in [-0.05, 0) is 11.4 Å². The first-order valence-corrected chi connectivity index (χ1v) is 7.33. The highest BCUT2D eigenvalue weighted by Gasteiger charge is 2.10. The summed E-state index contributed by atoms with van der Waals surface area (Å²) in [5, 5.41) is 4.84. The number of aromatic nitrogens is 4. The van der Waals surface area contributed by atoms with E-state index in [1.807, 2.05) is 17.5 Å². The minimum Gasteiger partial charge on any atom is -0.350 e. The van der Waals surface area contributed by atoms with Crippen LogP contribution in [-0.2, 0) is 6.42 Å². The van der Waals surface area contributed by atoms with Crippen LogP contribution in [0.3, 0.4) is 0 Å². The second kappa shape index (κ2) is 6.27. The van der Waals surface area contributed by atoms with Crippen molar-refractivity contribution in [1.82, 2.24) is 25.3 Å². The number of nitrogens with one attached hydrogen (secondary N) is 2. The van der Waals surface area contributed by atoms with Crippen LogP contribution in [0.5, 0.6) is 0 Å². The molecule has 0 saturated heterocycles. The molecule has 0 spiro atoms. The molecule has 3 heterocycles. The minimum absolute atomic E-state index is 0.222. The Balaban J connectivity index is 1.59. The Bertz CT molecular complexity index is 708. The molecule has 0 aromatic carbocycles. The molecule has 6 nitrogen and oxygen atoms in total. The number of nitrogens with zero attached hydrogens (tertiary/aromatic N) is 3. The first kappa shape index (κ1) is 13.4. The number of imidazole rings is 1. The van der Waals surface area contributed by atoms with Gasteiger partial charge in [0, 0.05) is 31.1 Å². The fraction of sp³-hybridized carbons (Fsp3) is 0.143. The minimum atomic E-state index is -0.222. The van der Waals surface area contributed by atoms with Crippen LogP contribution < -0.4 is 5.32 Å². The van der Waals surface area contributed by atoms with Gasteiger partial charge in [0.25, 0.3) is 5.91 Å². The number of carbonyl (C=O) groups excluding carboxylic acids is 1. The topological polar surface area (TPSA) is 83.6 Å². The van der Waals surface area contributed by atoms with E-state index >= 15 is 0 Å². The zero-order valence-corrected chi connectivity index (χ0v) is 11.9. The van der Waals surface area contributed by atoms with Gasteiger partial charge in [-0.1, -0.05) is 6.07 Å². The van der Waals surface area contributed by atoms with Crippen molar-refractivity contribution in [1.29, 1.82) is 0 Å². The lowest BCUT2D eigenvalue weighted by atomic mass is 10.2. The maximum Gasteiger partial charge on any atom is 0.271 e. The van der Waals surface area contributed by atoms with Crippen molar-refractivity contribution >= 4 is 17.2 Å². The van der Waals surface area contributed by atoms with Gasteiger partial charge in [-0.25, -0.2) is 9.97 Å². The molecule has 0 fully saturated rings. The summed E-state index contributed by atoms with van der Waals surface area (Å²) in [6.07, 6.45) is 6.84. The number of aromatic amines is 1. The van der Waals surface area contributed by atoms with Gasteiger partial charge in [0.05, 0.1) is 17.4 Å². The van der Waals surface area contributed by atoms with Crippen molar-refractivity contribution in [3.8, 4) is 10.6 Å². The van der Waals surface area contributed by atoms with Crippen LogP contribution >= 0.6 is 11.3 Å². The molecular formula is C14H13N5OS. The number of thiophene rings is 1. The molecule has 3 rings (SSSR count). The molecule has 3 aromatic rings. The Morgan fingerprint density at radius 3 is 3.05 bits per heavy atom. The zero-order chi connectivity index (χ0) is 14.5. The molecule has 0 saturated carbocycles. The van der Waals surface area contributed by atoms with Crippen molar-refractivity contribution in [3.05, 3.63) is 53.8 Å². The van der Waals surface area contributed by atoms with E-state index < -0.39 is 0 Å². The van der Waals surface area contributed by atoms with Crippen LogP contribution in [0.4, 0.5) is 0 Å². The van der Waals surface area contributed by atoms with Gasteiger partial charge in [0.2, 0.25) is 0 Å². The van der Waals surface area contributed by atoms with E-state index in [0.29, 0.717) is 18.7 Å². The number of hydrogen-bond acceptors (Lipinski definition) is 5. The Labute approximate surface area is 125 Å². The summed E-state index contributed by atoms with van der Waals surface area (Å²) >= 11 is 1.64. The summed E-state index contributed by atoms with van der Waals surface area (Å²) in [5.41, 5.74) is 2.27. The average molecular weight is 299 g/mol. The first-order valence-electron chi connectivity index (χ1n) is 6.45. The smallest absolute Gasteiger partial charge is 0.271 e. The van der Waals surface area contributed by atoms with Crippen molar-refractivity contribution in [2.75, 3.05) is 6.54 Å². The summed E-state index contributed by atoms with van der Waals surface area (Å²) in [6, 6.07) is 4.02. The van der Waals surface area contributed by atoms with E-state index in [-0.39, 0.29) is 5.91 Å². The average Bonchev–Trinajstić information content (AvgIpc) is 3.18. The van der Waals surface area contributed by atoms with Crippen LogP contribution in [-0.4, -0.2) is 32.4 Å². The lowest BCUT2D eigenvalue weighted by molar-refractivity contribution is 0.0948. The number of carbonyl (C=O) groups is 1. The molecule has 0 aliphatic heterocycles. The third-order valence-corrected chi connectivity index (χ3v) is 3.81. The van der Waals surface area contributed by atoms with E-state index in [9.17, 15) is 4.79 Å². The molecule has 0 bridgehead atoms. The summed E-state index contributed by atoms with van der Waals surface area (Å²) in [5.74, 6) is -0.222. The van der Waals surface area contributed by atoms with Gasteiger partial charge in [0.15, 0.2) is 0 Å². The van der Waals surface area contributed by atoms with Gasteiger partial charge >= 0.3 is 0 Å². The van der Waals surface area contributed by atoms with Crippen LogP contribution in [0.15, 0.2) is 42.4 Å². The fourth-order valence-electron chi connectivity index (χ4n) is 1.95. The summed E-state index contributed by atoms with van der Waals surface area (Å²) in [6.45, 7) is 0.510. The lowest BCUT2D eigenvalue weighted by Crippen LogP contribution is -2.26. The zero-order valence-electron chi connectivity index (χ0n) is 11.1. The predicted molar refractivity (Wildman–Crippen MR) is 80.0 cm³/mol. The second-order valence-corrected chi connectivity index (χ2v) is 5.25. The SMILES string of the molecule is O=C(NCCc1[nH]cnc1-c1cccs1)c1cnccn1. The third kappa shape index (κ3) is 3.14. The van der Waals surface area contributed by atoms with Gasteiger partial charge < -0.3 is 10.3 Å². The lowest BCUT2D eigenvalue weighted by Gasteiger charge is -2.04. The Kier molecular flexibility index (Phi) is 4.02. The molecule has 106 valence electrons. The van der Waals surface area contributed by atoms with E-state index in [0.717, 1.165) is 16.3 Å². The van der Waals surface area contributed by atoms with E-state index in [4.69, 9.17) is 0 Å². The van der Waals surface area contributed by atoms with Gasteiger partial charge in [-0.3, -0.25) is 9.78 Å². The molecule has 0 unspecified atom stereocenters. The molecule has 0 atom stereocenters. The fourth-order valence-corrected chi connectivity index (χ4v) is 2.69.